The van der Waals surface area contributed by atoms with Gasteiger partial charge in [-0.05, 0) is 57.0 Å². The van der Waals surface area contributed by atoms with Gasteiger partial charge in [0.1, 0.15) is 18.5 Å². The Hall–Kier alpha value is -1.85. The van der Waals surface area contributed by atoms with Crippen molar-refractivity contribution in [2.45, 2.75) is 38.7 Å². The Balaban J connectivity index is 1.48. The number of rotatable bonds is 6. The van der Waals surface area contributed by atoms with E-state index in [-0.39, 0.29) is 0 Å². The van der Waals surface area contributed by atoms with E-state index in [1.54, 1.807) is 0 Å². The van der Waals surface area contributed by atoms with E-state index in [0.717, 1.165) is 48.6 Å². The molecule has 130 valence electrons. The highest BCUT2D eigenvalue weighted by molar-refractivity contribution is 5.27. The van der Waals surface area contributed by atoms with Crippen molar-refractivity contribution in [2.75, 3.05) is 26.2 Å². The molecule has 1 aromatic heterocycles. The average Bonchev–Trinajstić information content (AvgIpc) is 3.00. The van der Waals surface area contributed by atoms with Crippen molar-refractivity contribution < 1.29 is 9.84 Å². The first-order chi connectivity index (χ1) is 11.6. The molecule has 1 saturated heterocycles. The number of aromatic nitrogens is 2. The predicted molar refractivity (Wildman–Crippen MR) is 94.4 cm³/mol. The number of piperidine rings is 1. The Kier molecular flexibility index (Phi) is 5.53. The first-order valence-corrected chi connectivity index (χ1v) is 8.72. The maximum Gasteiger partial charge on any atom is 0.119 e. The Bertz CT molecular complexity index is 656. The number of likely N-dealkylation sites (tertiary alicyclic amines) is 1. The molecule has 2 unspecified atom stereocenters. The van der Waals surface area contributed by atoms with Gasteiger partial charge in [-0.25, -0.2) is 0 Å². The predicted octanol–water partition coefficient (Wildman–Crippen LogP) is 2.65. The van der Waals surface area contributed by atoms with E-state index in [4.69, 9.17) is 4.74 Å². The summed E-state index contributed by atoms with van der Waals surface area (Å²) >= 11 is 0. The Morgan fingerprint density at radius 3 is 3.00 bits per heavy atom. The molecule has 5 nitrogen and oxygen atoms in total. The lowest BCUT2D eigenvalue weighted by atomic mass is 9.94. The standard InChI is InChI=1S/C19H27N3O2/c1-14-5-3-7-18(9-14)24-13-17(23)12-22-8-4-6-16(11-22)19-10-15(2)20-21-19/h3,5,7,9-10,16-17,23H,4,6,8,11-13H2,1-2H3,(H,20,21). The highest BCUT2D eigenvalue weighted by Gasteiger charge is 2.24. The maximum atomic E-state index is 10.3. The number of hydrogen-bond donors (Lipinski definition) is 2. The summed E-state index contributed by atoms with van der Waals surface area (Å²) in [6.45, 7) is 7.02. The second-order valence-electron chi connectivity index (χ2n) is 6.86. The quantitative estimate of drug-likeness (QED) is 0.855. The highest BCUT2D eigenvalue weighted by Crippen LogP contribution is 2.26. The fraction of sp³-hybridized carbons (Fsp3) is 0.526. The van der Waals surface area contributed by atoms with Crippen molar-refractivity contribution >= 4 is 0 Å². The second kappa shape index (κ2) is 7.81. The lowest BCUT2D eigenvalue weighted by molar-refractivity contribution is 0.0580. The van der Waals surface area contributed by atoms with Crippen LogP contribution in [0, 0.1) is 13.8 Å². The molecule has 0 amide bonds. The van der Waals surface area contributed by atoms with E-state index in [0.29, 0.717) is 19.1 Å². The Morgan fingerprint density at radius 2 is 2.25 bits per heavy atom. The van der Waals surface area contributed by atoms with Crippen LogP contribution in [0.5, 0.6) is 5.75 Å². The van der Waals surface area contributed by atoms with Crippen molar-refractivity contribution in [3.05, 3.63) is 47.3 Å². The van der Waals surface area contributed by atoms with Gasteiger partial charge in [-0.15, -0.1) is 0 Å². The molecule has 5 heteroatoms. The Labute approximate surface area is 143 Å². The molecule has 1 aliphatic heterocycles. The van der Waals surface area contributed by atoms with Crippen molar-refractivity contribution in [1.82, 2.24) is 15.1 Å². The van der Waals surface area contributed by atoms with Crippen LogP contribution in [-0.2, 0) is 0 Å². The van der Waals surface area contributed by atoms with Crippen molar-refractivity contribution in [2.24, 2.45) is 0 Å². The van der Waals surface area contributed by atoms with Gasteiger partial charge in [0.05, 0.1) is 5.69 Å². The molecular weight excluding hydrogens is 302 g/mol. The average molecular weight is 329 g/mol. The molecule has 3 rings (SSSR count). The number of nitrogens with one attached hydrogen (secondary N) is 1. The summed E-state index contributed by atoms with van der Waals surface area (Å²) in [4.78, 5) is 2.32. The zero-order chi connectivity index (χ0) is 16.9. The van der Waals surface area contributed by atoms with E-state index < -0.39 is 6.10 Å². The summed E-state index contributed by atoms with van der Waals surface area (Å²) in [7, 11) is 0. The number of H-pyrrole nitrogens is 1. The number of aliphatic hydroxyl groups is 1. The molecule has 24 heavy (non-hydrogen) atoms. The van der Waals surface area contributed by atoms with Gasteiger partial charge in [-0.3, -0.25) is 10.00 Å². The van der Waals surface area contributed by atoms with Gasteiger partial charge < -0.3 is 9.84 Å². The number of hydrogen-bond acceptors (Lipinski definition) is 4. The van der Waals surface area contributed by atoms with Gasteiger partial charge in [-0.2, -0.15) is 5.10 Å². The number of aryl methyl sites for hydroxylation is 2. The van der Waals surface area contributed by atoms with Crippen molar-refractivity contribution in [3.63, 3.8) is 0 Å². The van der Waals surface area contributed by atoms with Gasteiger partial charge in [0, 0.05) is 24.7 Å². The fourth-order valence-electron chi connectivity index (χ4n) is 3.36. The SMILES string of the molecule is Cc1cccc(OCC(O)CN2CCCC(c3cc(C)[nH]n3)C2)c1. The van der Waals surface area contributed by atoms with E-state index >= 15 is 0 Å². The molecule has 1 aliphatic rings. The van der Waals surface area contributed by atoms with Crippen LogP contribution in [0.25, 0.3) is 0 Å². The minimum absolute atomic E-state index is 0.326. The van der Waals surface area contributed by atoms with E-state index in [9.17, 15) is 5.11 Å². The molecule has 0 radical (unpaired) electrons. The summed E-state index contributed by atoms with van der Waals surface area (Å²) in [5.41, 5.74) is 3.41. The summed E-state index contributed by atoms with van der Waals surface area (Å²) < 4.78 is 5.71. The van der Waals surface area contributed by atoms with Crippen LogP contribution in [0.1, 0.15) is 35.7 Å². The molecule has 1 fully saturated rings. The summed E-state index contributed by atoms with van der Waals surface area (Å²) in [5, 5.41) is 17.7. The smallest absolute Gasteiger partial charge is 0.119 e. The van der Waals surface area contributed by atoms with Crippen molar-refractivity contribution in [1.29, 1.82) is 0 Å². The minimum Gasteiger partial charge on any atom is -0.491 e. The third-order valence-corrected chi connectivity index (χ3v) is 4.55. The molecule has 2 heterocycles. The molecule has 2 aromatic rings. The fourth-order valence-corrected chi connectivity index (χ4v) is 3.36. The molecule has 0 bridgehead atoms. The third-order valence-electron chi connectivity index (χ3n) is 4.55. The molecular formula is C19H27N3O2. The largest absolute Gasteiger partial charge is 0.491 e. The second-order valence-corrected chi connectivity index (χ2v) is 6.86. The molecule has 0 spiro atoms. The zero-order valence-corrected chi connectivity index (χ0v) is 14.5. The van der Waals surface area contributed by atoms with Gasteiger partial charge in [0.15, 0.2) is 0 Å². The van der Waals surface area contributed by atoms with Crippen LogP contribution in [0.15, 0.2) is 30.3 Å². The number of β-amino-alcohol motifs (C(OH)–C–C–N with tert-alkyl or cyclic N) is 1. The van der Waals surface area contributed by atoms with Crippen LogP contribution < -0.4 is 4.74 Å². The van der Waals surface area contributed by atoms with Gasteiger partial charge in [0.2, 0.25) is 0 Å². The van der Waals surface area contributed by atoms with Crippen molar-refractivity contribution in [3.8, 4) is 5.75 Å². The van der Waals surface area contributed by atoms with Crippen LogP contribution >= 0.6 is 0 Å². The number of nitrogens with zero attached hydrogens (tertiary/aromatic N) is 2. The summed E-state index contributed by atoms with van der Waals surface area (Å²) in [6, 6.07) is 10.1. The summed E-state index contributed by atoms with van der Waals surface area (Å²) in [6.07, 6.45) is 1.82. The molecule has 0 aliphatic carbocycles. The summed E-state index contributed by atoms with van der Waals surface area (Å²) in [5.74, 6) is 1.27. The normalized spacial score (nSPS) is 20.0. The number of aromatic amines is 1. The minimum atomic E-state index is -0.481. The lowest BCUT2D eigenvalue weighted by Crippen LogP contribution is -2.41. The Morgan fingerprint density at radius 1 is 1.38 bits per heavy atom. The monoisotopic (exact) mass is 329 g/mol. The first kappa shape index (κ1) is 17.0. The molecule has 1 aromatic carbocycles. The highest BCUT2D eigenvalue weighted by atomic mass is 16.5. The van der Waals surface area contributed by atoms with Crippen LogP contribution in [0.4, 0.5) is 0 Å². The van der Waals surface area contributed by atoms with Gasteiger partial charge >= 0.3 is 0 Å². The number of benzene rings is 1. The molecule has 2 N–H and O–H groups in total. The van der Waals surface area contributed by atoms with Gasteiger partial charge in [-0.1, -0.05) is 12.1 Å². The zero-order valence-electron chi connectivity index (χ0n) is 14.5. The van der Waals surface area contributed by atoms with Crippen LogP contribution in [-0.4, -0.2) is 52.5 Å². The van der Waals surface area contributed by atoms with E-state index in [1.165, 1.54) is 0 Å². The third kappa shape index (κ3) is 4.58. The first-order valence-electron chi connectivity index (χ1n) is 8.72. The maximum absolute atomic E-state index is 10.3. The number of aliphatic hydroxyl groups excluding tert-OH is 1. The topological polar surface area (TPSA) is 61.4 Å². The lowest BCUT2D eigenvalue weighted by Gasteiger charge is -2.33. The molecule has 2 atom stereocenters. The van der Waals surface area contributed by atoms with E-state index in [2.05, 4.69) is 21.2 Å². The van der Waals surface area contributed by atoms with Crippen LogP contribution in [0.2, 0.25) is 0 Å². The van der Waals surface area contributed by atoms with Crippen LogP contribution in [0.3, 0.4) is 0 Å². The van der Waals surface area contributed by atoms with Gasteiger partial charge in [0.25, 0.3) is 0 Å². The molecule has 0 saturated carbocycles. The number of ether oxygens (including phenoxy) is 1. The van der Waals surface area contributed by atoms with E-state index in [1.807, 2.05) is 38.1 Å².